The van der Waals surface area contributed by atoms with Crippen LogP contribution in [0.3, 0.4) is 0 Å². The van der Waals surface area contributed by atoms with Gasteiger partial charge in [0.1, 0.15) is 0 Å². The van der Waals surface area contributed by atoms with Crippen LogP contribution in [0.4, 0.5) is 0 Å². The SMILES string of the molecule is CC(C)(OCC(Br)CBr)c1cc(Br)cc(Br)c1. The smallest absolute Gasteiger partial charge is 0.0876 e. The predicted octanol–water partition coefficient (Wildman–Crippen LogP) is 5.62. The Balaban J connectivity index is 2.81. The number of alkyl halides is 2. The molecule has 0 bridgehead atoms. The third-order valence-electron chi connectivity index (χ3n) is 2.35. The molecule has 1 aromatic rings. The summed E-state index contributed by atoms with van der Waals surface area (Å²) in [4.78, 5) is 0.331. The second-order valence-corrected chi connectivity index (χ2v) is 8.00. The van der Waals surface area contributed by atoms with Crippen LogP contribution in [0.25, 0.3) is 0 Å². The number of ether oxygens (including phenoxy) is 1. The van der Waals surface area contributed by atoms with Crippen LogP contribution in [0.1, 0.15) is 19.4 Å². The Bertz CT molecular complexity index is 359. The monoisotopic (exact) mass is 490 g/mol. The fourth-order valence-electron chi connectivity index (χ4n) is 1.33. The first kappa shape index (κ1) is 16.2. The van der Waals surface area contributed by atoms with E-state index in [0.29, 0.717) is 11.4 Å². The molecule has 0 saturated carbocycles. The van der Waals surface area contributed by atoms with Gasteiger partial charge in [-0.1, -0.05) is 63.7 Å². The zero-order valence-electron chi connectivity index (χ0n) is 9.64. The second kappa shape index (κ2) is 7.04. The van der Waals surface area contributed by atoms with Crippen molar-refractivity contribution in [2.45, 2.75) is 24.3 Å². The summed E-state index contributed by atoms with van der Waals surface area (Å²) in [5.74, 6) is 0. The first-order valence-electron chi connectivity index (χ1n) is 5.15. The van der Waals surface area contributed by atoms with E-state index in [4.69, 9.17) is 4.74 Å². The summed E-state index contributed by atoms with van der Waals surface area (Å²) >= 11 is 14.0. The predicted molar refractivity (Wildman–Crippen MR) is 87.3 cm³/mol. The number of hydrogen-bond donors (Lipinski definition) is 0. The highest BCUT2D eigenvalue weighted by Gasteiger charge is 2.23. The Morgan fingerprint density at radius 2 is 1.71 bits per heavy atom. The fourth-order valence-corrected chi connectivity index (χ4v) is 2.94. The van der Waals surface area contributed by atoms with Gasteiger partial charge in [0.25, 0.3) is 0 Å². The fraction of sp³-hybridized carbons (Fsp3) is 0.500. The minimum Gasteiger partial charge on any atom is -0.370 e. The van der Waals surface area contributed by atoms with Gasteiger partial charge in [-0.05, 0) is 37.6 Å². The lowest BCUT2D eigenvalue weighted by Gasteiger charge is -2.27. The summed E-state index contributed by atoms with van der Waals surface area (Å²) in [6, 6.07) is 6.19. The molecule has 0 fully saturated rings. The van der Waals surface area contributed by atoms with E-state index in [0.717, 1.165) is 19.8 Å². The van der Waals surface area contributed by atoms with Crippen molar-refractivity contribution in [3.8, 4) is 0 Å². The molecule has 0 amide bonds. The molecule has 1 unspecified atom stereocenters. The van der Waals surface area contributed by atoms with Crippen molar-refractivity contribution < 1.29 is 4.74 Å². The molecular weight excluding hydrogens is 480 g/mol. The van der Waals surface area contributed by atoms with Gasteiger partial charge < -0.3 is 4.74 Å². The van der Waals surface area contributed by atoms with Gasteiger partial charge in [0.05, 0.1) is 12.2 Å². The Morgan fingerprint density at radius 3 is 2.18 bits per heavy atom. The molecule has 0 aliphatic heterocycles. The third kappa shape index (κ3) is 5.31. The minimum absolute atomic E-state index is 0.305. The van der Waals surface area contributed by atoms with Gasteiger partial charge in [-0.15, -0.1) is 0 Å². The maximum atomic E-state index is 5.96. The molecule has 1 nitrogen and oxygen atoms in total. The number of hydrogen-bond acceptors (Lipinski definition) is 1. The molecule has 0 aliphatic rings. The Labute approximate surface area is 136 Å². The maximum Gasteiger partial charge on any atom is 0.0876 e. The zero-order chi connectivity index (χ0) is 13.1. The van der Waals surface area contributed by atoms with Crippen molar-refractivity contribution in [1.29, 1.82) is 0 Å². The van der Waals surface area contributed by atoms with Crippen molar-refractivity contribution in [3.05, 3.63) is 32.7 Å². The molecule has 1 aromatic carbocycles. The molecule has 1 rings (SSSR count). The molecule has 0 saturated heterocycles. The molecule has 0 spiro atoms. The van der Waals surface area contributed by atoms with E-state index < -0.39 is 0 Å². The van der Waals surface area contributed by atoms with Crippen molar-refractivity contribution >= 4 is 63.7 Å². The minimum atomic E-state index is -0.305. The average molecular weight is 494 g/mol. The van der Waals surface area contributed by atoms with Crippen LogP contribution < -0.4 is 0 Å². The van der Waals surface area contributed by atoms with E-state index in [9.17, 15) is 0 Å². The molecule has 1 atom stereocenters. The van der Waals surface area contributed by atoms with Gasteiger partial charge in [-0.25, -0.2) is 0 Å². The van der Waals surface area contributed by atoms with Crippen LogP contribution in [-0.4, -0.2) is 16.8 Å². The van der Waals surface area contributed by atoms with E-state index in [1.165, 1.54) is 0 Å². The van der Waals surface area contributed by atoms with E-state index in [1.807, 2.05) is 6.07 Å². The van der Waals surface area contributed by atoms with Gasteiger partial charge in [-0.3, -0.25) is 0 Å². The molecule has 17 heavy (non-hydrogen) atoms. The lowest BCUT2D eigenvalue weighted by atomic mass is 9.98. The van der Waals surface area contributed by atoms with Crippen LogP contribution in [0.5, 0.6) is 0 Å². The molecule has 0 N–H and O–H groups in total. The van der Waals surface area contributed by atoms with Gasteiger partial charge >= 0.3 is 0 Å². The number of benzene rings is 1. The van der Waals surface area contributed by atoms with Crippen molar-refractivity contribution in [2.24, 2.45) is 0 Å². The lowest BCUT2D eigenvalue weighted by molar-refractivity contribution is -0.0185. The Morgan fingerprint density at radius 1 is 1.18 bits per heavy atom. The summed E-state index contributed by atoms with van der Waals surface area (Å²) < 4.78 is 8.06. The summed E-state index contributed by atoms with van der Waals surface area (Å²) in [6.45, 7) is 4.83. The lowest BCUT2D eigenvalue weighted by Crippen LogP contribution is -2.25. The van der Waals surface area contributed by atoms with E-state index in [1.54, 1.807) is 0 Å². The van der Waals surface area contributed by atoms with Gasteiger partial charge in [-0.2, -0.15) is 0 Å². The summed E-state index contributed by atoms with van der Waals surface area (Å²) in [7, 11) is 0. The van der Waals surface area contributed by atoms with Crippen molar-refractivity contribution in [2.75, 3.05) is 11.9 Å². The van der Waals surface area contributed by atoms with Gasteiger partial charge in [0.2, 0.25) is 0 Å². The van der Waals surface area contributed by atoms with E-state index in [-0.39, 0.29) is 5.60 Å². The van der Waals surface area contributed by atoms with E-state index in [2.05, 4.69) is 89.7 Å². The maximum absolute atomic E-state index is 5.96. The van der Waals surface area contributed by atoms with Crippen LogP contribution in [0, 0.1) is 0 Å². The summed E-state index contributed by atoms with van der Waals surface area (Å²) in [5, 5.41) is 0.880. The van der Waals surface area contributed by atoms with Crippen LogP contribution in [0.15, 0.2) is 27.1 Å². The third-order valence-corrected chi connectivity index (χ3v) is 5.50. The summed E-state index contributed by atoms with van der Waals surface area (Å²) in [5.41, 5.74) is 0.841. The molecule has 5 heteroatoms. The second-order valence-electron chi connectivity index (χ2n) is 4.23. The zero-order valence-corrected chi connectivity index (χ0v) is 16.0. The normalized spacial score (nSPS) is 13.8. The van der Waals surface area contributed by atoms with Gasteiger partial charge in [0, 0.05) is 19.1 Å². The molecule has 0 aliphatic carbocycles. The highest BCUT2D eigenvalue weighted by Crippen LogP contribution is 2.30. The Kier molecular flexibility index (Phi) is 6.69. The first-order chi connectivity index (χ1) is 7.85. The van der Waals surface area contributed by atoms with Crippen LogP contribution >= 0.6 is 63.7 Å². The number of rotatable bonds is 5. The molecule has 0 radical (unpaired) electrons. The Hall–Kier alpha value is 1.10. The van der Waals surface area contributed by atoms with Crippen molar-refractivity contribution in [1.82, 2.24) is 0 Å². The molecule has 0 aromatic heterocycles. The first-order valence-corrected chi connectivity index (χ1v) is 8.78. The standard InChI is InChI=1S/C12H14Br4O/c1-12(2,17-7-11(16)6-13)8-3-9(14)5-10(15)4-8/h3-5,11H,6-7H2,1-2H3. The van der Waals surface area contributed by atoms with E-state index >= 15 is 0 Å². The van der Waals surface area contributed by atoms with Gasteiger partial charge in [0.15, 0.2) is 0 Å². The number of halogens is 4. The van der Waals surface area contributed by atoms with Crippen molar-refractivity contribution in [3.63, 3.8) is 0 Å². The van der Waals surface area contributed by atoms with Crippen LogP contribution in [-0.2, 0) is 10.3 Å². The molecule has 96 valence electrons. The highest BCUT2D eigenvalue weighted by atomic mass is 79.9. The van der Waals surface area contributed by atoms with Crippen LogP contribution in [0.2, 0.25) is 0 Å². The topological polar surface area (TPSA) is 9.23 Å². The molecule has 0 heterocycles. The quantitative estimate of drug-likeness (QED) is 0.484. The largest absolute Gasteiger partial charge is 0.370 e. The average Bonchev–Trinajstić information content (AvgIpc) is 2.24. The molecular formula is C12H14Br4O. The highest BCUT2D eigenvalue weighted by molar-refractivity contribution is 9.12. The summed E-state index contributed by atoms with van der Waals surface area (Å²) in [6.07, 6.45) is 0.